The number of benzene rings is 1. The van der Waals surface area contributed by atoms with Crippen molar-refractivity contribution in [3.05, 3.63) is 51.7 Å². The van der Waals surface area contributed by atoms with Gasteiger partial charge in [-0.15, -0.1) is 22.7 Å². The van der Waals surface area contributed by atoms with E-state index in [0.29, 0.717) is 23.0 Å². The molecule has 0 atom stereocenters. The summed E-state index contributed by atoms with van der Waals surface area (Å²) < 4.78 is 16.2. The highest BCUT2D eigenvalue weighted by molar-refractivity contribution is 7.13. The number of hydrogen-bond donors (Lipinski definition) is 0. The second-order valence-electron chi connectivity index (χ2n) is 5.00. The Labute approximate surface area is 153 Å². The molecule has 0 amide bonds. The summed E-state index contributed by atoms with van der Waals surface area (Å²) in [5, 5.41) is 4.57. The summed E-state index contributed by atoms with van der Waals surface area (Å²) in [5.74, 6) is 1.04. The van der Waals surface area contributed by atoms with E-state index >= 15 is 0 Å². The highest BCUT2D eigenvalue weighted by atomic mass is 32.1. The molecule has 2 heterocycles. The number of thiophene rings is 1. The fourth-order valence-electron chi connectivity index (χ4n) is 2.19. The highest BCUT2D eigenvalue weighted by Gasteiger charge is 2.12. The van der Waals surface area contributed by atoms with E-state index < -0.39 is 0 Å². The lowest BCUT2D eigenvalue weighted by molar-refractivity contribution is 0.0474. The van der Waals surface area contributed by atoms with E-state index in [1.807, 2.05) is 41.9 Å². The highest BCUT2D eigenvalue weighted by Crippen LogP contribution is 2.33. The molecule has 0 N–H and O–H groups in total. The van der Waals surface area contributed by atoms with Gasteiger partial charge in [0.05, 0.1) is 19.4 Å². The van der Waals surface area contributed by atoms with E-state index in [2.05, 4.69) is 4.98 Å². The Kier molecular flexibility index (Phi) is 5.67. The lowest BCUT2D eigenvalue weighted by Gasteiger charge is -2.09. The van der Waals surface area contributed by atoms with Crippen molar-refractivity contribution in [2.75, 3.05) is 13.7 Å². The van der Waals surface area contributed by atoms with E-state index in [1.165, 1.54) is 22.7 Å². The van der Waals surface area contributed by atoms with E-state index in [1.54, 1.807) is 13.2 Å². The fourth-order valence-corrected chi connectivity index (χ4v) is 3.60. The van der Waals surface area contributed by atoms with Gasteiger partial charge >= 0.3 is 5.97 Å². The number of nitrogens with zero attached hydrogens (tertiary/aromatic N) is 1. The van der Waals surface area contributed by atoms with Crippen molar-refractivity contribution in [3.8, 4) is 22.1 Å². The molecule has 7 heteroatoms. The van der Waals surface area contributed by atoms with Gasteiger partial charge in [0.15, 0.2) is 11.5 Å². The van der Waals surface area contributed by atoms with Crippen LogP contribution in [0.2, 0.25) is 0 Å². The van der Waals surface area contributed by atoms with Crippen LogP contribution < -0.4 is 9.47 Å². The van der Waals surface area contributed by atoms with Gasteiger partial charge in [-0.2, -0.15) is 0 Å². The van der Waals surface area contributed by atoms with Gasteiger partial charge in [-0.3, -0.25) is 0 Å². The summed E-state index contributed by atoms with van der Waals surface area (Å²) in [6.45, 7) is 2.66. The molecule has 0 bridgehead atoms. The van der Waals surface area contributed by atoms with Gasteiger partial charge in [0.2, 0.25) is 0 Å². The van der Waals surface area contributed by atoms with Crippen molar-refractivity contribution in [1.29, 1.82) is 0 Å². The fraction of sp³-hybridized carbons (Fsp3) is 0.222. The Hall–Kier alpha value is -2.38. The van der Waals surface area contributed by atoms with Crippen LogP contribution in [0, 0.1) is 0 Å². The van der Waals surface area contributed by atoms with Gasteiger partial charge in [-0.05, 0) is 36.6 Å². The standard InChI is InChI=1S/C18H17NO4S2/c1-3-22-14-7-6-12(9-15(14)21-2)17-19-13(11-25-17)10-23-18(20)16-5-4-8-24-16/h4-9,11H,3,10H2,1-2H3. The SMILES string of the molecule is CCOc1ccc(-c2nc(COC(=O)c3cccs3)cs2)cc1OC. The average Bonchev–Trinajstić information content (AvgIpc) is 3.32. The van der Waals surface area contributed by atoms with Crippen LogP contribution in [-0.4, -0.2) is 24.7 Å². The van der Waals surface area contributed by atoms with Crippen molar-refractivity contribution in [3.63, 3.8) is 0 Å². The van der Waals surface area contributed by atoms with Crippen molar-refractivity contribution in [2.45, 2.75) is 13.5 Å². The molecule has 0 saturated carbocycles. The third-order valence-corrected chi connectivity index (χ3v) is 5.13. The second kappa shape index (κ2) is 8.13. The maximum absolute atomic E-state index is 11.9. The maximum Gasteiger partial charge on any atom is 0.348 e. The van der Waals surface area contributed by atoms with Crippen LogP contribution in [-0.2, 0) is 11.3 Å². The van der Waals surface area contributed by atoms with E-state index in [0.717, 1.165) is 16.3 Å². The first-order valence-electron chi connectivity index (χ1n) is 7.67. The predicted molar refractivity (Wildman–Crippen MR) is 98.7 cm³/mol. The topological polar surface area (TPSA) is 57.7 Å². The molecule has 0 aliphatic rings. The molecular weight excluding hydrogens is 358 g/mol. The van der Waals surface area contributed by atoms with Gasteiger partial charge in [-0.25, -0.2) is 9.78 Å². The summed E-state index contributed by atoms with van der Waals surface area (Å²) in [5.41, 5.74) is 1.65. The summed E-state index contributed by atoms with van der Waals surface area (Å²) in [7, 11) is 1.61. The number of thiazole rings is 1. The van der Waals surface area contributed by atoms with Gasteiger partial charge < -0.3 is 14.2 Å². The Balaban J connectivity index is 1.69. The number of hydrogen-bond acceptors (Lipinski definition) is 7. The Morgan fingerprint density at radius 2 is 2.08 bits per heavy atom. The molecule has 2 aromatic heterocycles. The first-order valence-corrected chi connectivity index (χ1v) is 9.43. The van der Waals surface area contributed by atoms with Crippen molar-refractivity contribution < 1.29 is 19.0 Å². The molecule has 1 aromatic carbocycles. The maximum atomic E-state index is 11.9. The number of rotatable bonds is 7. The van der Waals surface area contributed by atoms with Crippen LogP contribution in [0.4, 0.5) is 0 Å². The Morgan fingerprint density at radius 3 is 2.80 bits per heavy atom. The van der Waals surface area contributed by atoms with Crippen molar-refractivity contribution >= 4 is 28.6 Å². The monoisotopic (exact) mass is 375 g/mol. The van der Waals surface area contributed by atoms with Crippen LogP contribution >= 0.6 is 22.7 Å². The number of ether oxygens (including phenoxy) is 3. The van der Waals surface area contributed by atoms with Crippen LogP contribution in [0.25, 0.3) is 10.6 Å². The van der Waals surface area contributed by atoms with Gasteiger partial charge in [0.25, 0.3) is 0 Å². The number of carbonyl (C=O) groups excluding carboxylic acids is 1. The van der Waals surface area contributed by atoms with Crippen molar-refractivity contribution in [1.82, 2.24) is 4.98 Å². The third-order valence-electron chi connectivity index (χ3n) is 3.34. The number of aromatic nitrogens is 1. The second-order valence-corrected chi connectivity index (χ2v) is 6.80. The Bertz CT molecular complexity index is 843. The molecule has 130 valence electrons. The van der Waals surface area contributed by atoms with Gasteiger partial charge in [0, 0.05) is 10.9 Å². The minimum absolute atomic E-state index is 0.154. The zero-order valence-corrected chi connectivity index (χ0v) is 15.5. The normalized spacial score (nSPS) is 10.5. The summed E-state index contributed by atoms with van der Waals surface area (Å²) in [6.07, 6.45) is 0. The molecule has 0 spiro atoms. The molecule has 0 unspecified atom stereocenters. The minimum Gasteiger partial charge on any atom is -0.493 e. The predicted octanol–water partition coefficient (Wildman–Crippen LogP) is 4.64. The average molecular weight is 375 g/mol. The van der Waals surface area contributed by atoms with Gasteiger partial charge in [0.1, 0.15) is 16.5 Å². The Morgan fingerprint density at radius 1 is 1.20 bits per heavy atom. The molecule has 25 heavy (non-hydrogen) atoms. The summed E-state index contributed by atoms with van der Waals surface area (Å²) in [6, 6.07) is 9.27. The van der Waals surface area contributed by atoms with Crippen LogP contribution in [0.15, 0.2) is 41.1 Å². The lowest BCUT2D eigenvalue weighted by Crippen LogP contribution is -2.03. The molecule has 0 saturated heterocycles. The number of esters is 1. The van der Waals surface area contributed by atoms with E-state index in [4.69, 9.17) is 14.2 Å². The van der Waals surface area contributed by atoms with E-state index in [-0.39, 0.29) is 12.6 Å². The zero-order chi connectivity index (χ0) is 17.6. The first-order chi connectivity index (χ1) is 12.2. The molecule has 0 radical (unpaired) electrons. The largest absolute Gasteiger partial charge is 0.493 e. The third kappa shape index (κ3) is 4.18. The van der Waals surface area contributed by atoms with Crippen LogP contribution in [0.3, 0.4) is 0 Å². The number of carbonyl (C=O) groups is 1. The molecule has 3 rings (SSSR count). The lowest BCUT2D eigenvalue weighted by atomic mass is 10.2. The zero-order valence-electron chi connectivity index (χ0n) is 13.9. The first kappa shape index (κ1) is 17.4. The smallest absolute Gasteiger partial charge is 0.348 e. The molecule has 0 fully saturated rings. The molecule has 3 aromatic rings. The van der Waals surface area contributed by atoms with Crippen molar-refractivity contribution in [2.24, 2.45) is 0 Å². The molecule has 5 nitrogen and oxygen atoms in total. The number of methoxy groups -OCH3 is 1. The summed E-state index contributed by atoms with van der Waals surface area (Å²) >= 11 is 2.85. The van der Waals surface area contributed by atoms with Crippen LogP contribution in [0.5, 0.6) is 11.5 Å². The molecule has 0 aliphatic carbocycles. The van der Waals surface area contributed by atoms with Crippen LogP contribution in [0.1, 0.15) is 22.3 Å². The van der Waals surface area contributed by atoms with E-state index in [9.17, 15) is 4.79 Å². The minimum atomic E-state index is -0.327. The van der Waals surface area contributed by atoms with Gasteiger partial charge in [-0.1, -0.05) is 6.07 Å². The molecular formula is C18H17NO4S2. The molecule has 0 aliphatic heterocycles. The summed E-state index contributed by atoms with van der Waals surface area (Å²) in [4.78, 5) is 17.0. The quantitative estimate of drug-likeness (QED) is 0.563.